The first-order valence-electron chi connectivity index (χ1n) is 7.79. The molecule has 0 aromatic carbocycles. The summed E-state index contributed by atoms with van der Waals surface area (Å²) >= 11 is 1.81. The molecule has 1 saturated heterocycles. The van der Waals surface area contributed by atoms with Gasteiger partial charge in [-0.05, 0) is 38.8 Å². The maximum absolute atomic E-state index is 11.9. The molecule has 4 nitrogen and oxygen atoms in total. The second kappa shape index (κ2) is 8.51. The number of thiophene rings is 1. The van der Waals surface area contributed by atoms with Gasteiger partial charge in [0.1, 0.15) is 0 Å². The molecule has 21 heavy (non-hydrogen) atoms. The molecule has 2 heterocycles. The molecular formula is C16H26N2O2S. The lowest BCUT2D eigenvalue weighted by atomic mass is 10.1. The van der Waals surface area contributed by atoms with Crippen molar-refractivity contribution < 1.29 is 9.53 Å². The molecule has 0 aliphatic carbocycles. The summed E-state index contributed by atoms with van der Waals surface area (Å²) in [6.07, 6.45) is 2.47. The lowest BCUT2D eigenvalue weighted by Crippen LogP contribution is -2.42. The Morgan fingerprint density at radius 2 is 2.19 bits per heavy atom. The Morgan fingerprint density at radius 1 is 1.43 bits per heavy atom. The molecule has 1 atom stereocenters. The van der Waals surface area contributed by atoms with Crippen molar-refractivity contribution in [3.05, 3.63) is 21.9 Å². The van der Waals surface area contributed by atoms with Gasteiger partial charge in [-0.15, -0.1) is 11.3 Å². The number of nitrogens with one attached hydrogen (secondary N) is 1. The Balaban J connectivity index is 1.58. The van der Waals surface area contributed by atoms with Gasteiger partial charge in [-0.1, -0.05) is 0 Å². The minimum Gasteiger partial charge on any atom is -0.379 e. The van der Waals surface area contributed by atoms with Gasteiger partial charge in [-0.2, -0.15) is 0 Å². The molecule has 1 fully saturated rings. The zero-order valence-corrected chi connectivity index (χ0v) is 13.9. The molecule has 1 aliphatic heterocycles. The number of hydrogen-bond donors (Lipinski definition) is 1. The molecule has 5 heteroatoms. The van der Waals surface area contributed by atoms with Crippen molar-refractivity contribution in [1.29, 1.82) is 0 Å². The number of aryl methyl sites for hydroxylation is 1. The highest BCUT2D eigenvalue weighted by Crippen LogP contribution is 2.15. The number of hydrogen-bond acceptors (Lipinski definition) is 4. The Morgan fingerprint density at radius 3 is 2.86 bits per heavy atom. The number of ether oxygens (including phenoxy) is 1. The molecule has 1 aliphatic rings. The van der Waals surface area contributed by atoms with E-state index in [1.165, 1.54) is 9.75 Å². The third-order valence-electron chi connectivity index (χ3n) is 3.95. The molecule has 0 radical (unpaired) electrons. The molecule has 118 valence electrons. The van der Waals surface area contributed by atoms with E-state index in [0.717, 1.165) is 45.7 Å². The Bertz CT molecular complexity index is 441. The van der Waals surface area contributed by atoms with Gasteiger partial charge >= 0.3 is 0 Å². The highest BCUT2D eigenvalue weighted by molar-refractivity contribution is 7.11. The van der Waals surface area contributed by atoms with Crippen LogP contribution in [0.3, 0.4) is 0 Å². The van der Waals surface area contributed by atoms with E-state index in [-0.39, 0.29) is 5.91 Å². The second-order valence-electron chi connectivity index (χ2n) is 5.65. The van der Waals surface area contributed by atoms with E-state index in [1.54, 1.807) is 11.3 Å². The Hall–Kier alpha value is -0.910. The summed E-state index contributed by atoms with van der Waals surface area (Å²) in [4.78, 5) is 17.0. The van der Waals surface area contributed by atoms with E-state index in [4.69, 9.17) is 4.74 Å². The predicted octanol–water partition coefficient (Wildman–Crippen LogP) is 2.22. The predicted molar refractivity (Wildman–Crippen MR) is 86.9 cm³/mol. The SMILES string of the molecule is Cc1ccc(CCNC(=O)CC[C@@H](C)N2CCOCC2)s1. The molecule has 1 amide bonds. The summed E-state index contributed by atoms with van der Waals surface area (Å²) in [7, 11) is 0. The van der Waals surface area contributed by atoms with Crippen LogP contribution in [0, 0.1) is 6.92 Å². The summed E-state index contributed by atoms with van der Waals surface area (Å²) in [5, 5.41) is 3.02. The zero-order chi connectivity index (χ0) is 15.1. The summed E-state index contributed by atoms with van der Waals surface area (Å²) in [5.74, 6) is 0.170. The Labute approximate surface area is 131 Å². The van der Waals surface area contributed by atoms with Crippen LogP contribution in [0.2, 0.25) is 0 Å². The van der Waals surface area contributed by atoms with Gasteiger partial charge < -0.3 is 10.1 Å². The van der Waals surface area contributed by atoms with Gasteiger partial charge in [-0.3, -0.25) is 9.69 Å². The first kappa shape index (κ1) is 16.5. The third-order valence-corrected chi connectivity index (χ3v) is 5.01. The van der Waals surface area contributed by atoms with E-state index in [9.17, 15) is 4.79 Å². The van der Waals surface area contributed by atoms with E-state index in [1.807, 2.05) is 0 Å². The van der Waals surface area contributed by atoms with Crippen LogP contribution in [0.5, 0.6) is 0 Å². The molecule has 0 unspecified atom stereocenters. The quantitative estimate of drug-likeness (QED) is 0.839. The number of carbonyl (C=O) groups is 1. The minimum atomic E-state index is 0.170. The molecule has 1 N–H and O–H groups in total. The van der Waals surface area contributed by atoms with Crippen LogP contribution in [0.1, 0.15) is 29.5 Å². The van der Waals surface area contributed by atoms with Gasteiger partial charge in [0.2, 0.25) is 5.91 Å². The monoisotopic (exact) mass is 310 g/mol. The lowest BCUT2D eigenvalue weighted by Gasteiger charge is -2.32. The molecule has 0 bridgehead atoms. The maximum Gasteiger partial charge on any atom is 0.220 e. The van der Waals surface area contributed by atoms with E-state index in [0.29, 0.717) is 12.5 Å². The van der Waals surface area contributed by atoms with Crippen LogP contribution in [-0.2, 0) is 16.0 Å². The van der Waals surface area contributed by atoms with Crippen molar-refractivity contribution in [2.75, 3.05) is 32.8 Å². The van der Waals surface area contributed by atoms with E-state index < -0.39 is 0 Å². The van der Waals surface area contributed by atoms with Crippen molar-refractivity contribution in [1.82, 2.24) is 10.2 Å². The number of morpholine rings is 1. The average molecular weight is 310 g/mol. The summed E-state index contributed by atoms with van der Waals surface area (Å²) in [6, 6.07) is 4.73. The fourth-order valence-electron chi connectivity index (χ4n) is 2.57. The molecule has 1 aromatic rings. The van der Waals surface area contributed by atoms with Crippen molar-refractivity contribution in [2.24, 2.45) is 0 Å². The standard InChI is InChI=1S/C16H26N2O2S/c1-13(18-9-11-20-12-10-18)3-6-16(19)17-8-7-15-5-4-14(2)21-15/h4-5,13H,3,6-12H2,1-2H3,(H,17,19)/t13-/m1/s1. The minimum absolute atomic E-state index is 0.170. The molecule has 2 rings (SSSR count). The first-order chi connectivity index (χ1) is 10.1. The molecule has 1 aromatic heterocycles. The second-order valence-corrected chi connectivity index (χ2v) is 7.02. The van der Waals surface area contributed by atoms with Crippen LogP contribution in [0.4, 0.5) is 0 Å². The van der Waals surface area contributed by atoms with Crippen LogP contribution in [0.15, 0.2) is 12.1 Å². The van der Waals surface area contributed by atoms with Crippen LogP contribution in [0.25, 0.3) is 0 Å². The van der Waals surface area contributed by atoms with Crippen molar-refractivity contribution in [2.45, 2.75) is 39.2 Å². The largest absolute Gasteiger partial charge is 0.379 e. The summed E-state index contributed by atoms with van der Waals surface area (Å²) < 4.78 is 5.35. The highest BCUT2D eigenvalue weighted by atomic mass is 32.1. The maximum atomic E-state index is 11.9. The number of carbonyl (C=O) groups excluding carboxylic acids is 1. The average Bonchev–Trinajstić information content (AvgIpc) is 2.91. The van der Waals surface area contributed by atoms with Gasteiger partial charge in [-0.25, -0.2) is 0 Å². The van der Waals surface area contributed by atoms with Gasteiger partial charge in [0.05, 0.1) is 13.2 Å². The number of nitrogens with zero attached hydrogens (tertiary/aromatic N) is 1. The van der Waals surface area contributed by atoms with Gasteiger partial charge in [0.25, 0.3) is 0 Å². The lowest BCUT2D eigenvalue weighted by molar-refractivity contribution is -0.121. The van der Waals surface area contributed by atoms with E-state index >= 15 is 0 Å². The number of rotatable bonds is 7. The van der Waals surface area contributed by atoms with Crippen molar-refractivity contribution in [3.8, 4) is 0 Å². The fraction of sp³-hybridized carbons (Fsp3) is 0.688. The van der Waals surface area contributed by atoms with Crippen LogP contribution in [-0.4, -0.2) is 49.7 Å². The smallest absolute Gasteiger partial charge is 0.220 e. The zero-order valence-electron chi connectivity index (χ0n) is 13.1. The topological polar surface area (TPSA) is 41.6 Å². The first-order valence-corrected chi connectivity index (χ1v) is 8.60. The van der Waals surface area contributed by atoms with Crippen LogP contribution < -0.4 is 5.32 Å². The third kappa shape index (κ3) is 5.77. The molecule has 0 spiro atoms. The Kier molecular flexibility index (Phi) is 6.67. The summed E-state index contributed by atoms with van der Waals surface area (Å²) in [5.41, 5.74) is 0. The number of amides is 1. The van der Waals surface area contributed by atoms with Crippen LogP contribution >= 0.6 is 11.3 Å². The molecular weight excluding hydrogens is 284 g/mol. The fourth-order valence-corrected chi connectivity index (χ4v) is 3.46. The van der Waals surface area contributed by atoms with Gasteiger partial charge in [0.15, 0.2) is 0 Å². The molecule has 0 saturated carbocycles. The van der Waals surface area contributed by atoms with E-state index in [2.05, 4.69) is 36.2 Å². The van der Waals surface area contributed by atoms with Crippen molar-refractivity contribution in [3.63, 3.8) is 0 Å². The summed E-state index contributed by atoms with van der Waals surface area (Å²) in [6.45, 7) is 8.66. The van der Waals surface area contributed by atoms with Gasteiger partial charge in [0, 0.05) is 41.9 Å². The normalized spacial score (nSPS) is 17.6. The highest BCUT2D eigenvalue weighted by Gasteiger charge is 2.17. The van der Waals surface area contributed by atoms with Crippen molar-refractivity contribution >= 4 is 17.2 Å².